The predicted octanol–water partition coefficient (Wildman–Crippen LogP) is 1.53. The average Bonchev–Trinajstić information content (AvgIpc) is 3.39. The van der Waals surface area contributed by atoms with Crippen LogP contribution in [0.2, 0.25) is 0 Å². The van der Waals surface area contributed by atoms with Gasteiger partial charge in [0.15, 0.2) is 11.5 Å². The molecule has 0 fully saturated rings. The number of H-pyrrole nitrogens is 3. The van der Waals surface area contributed by atoms with Crippen LogP contribution in [0.4, 0.5) is 0 Å². The van der Waals surface area contributed by atoms with E-state index < -0.39 is 0 Å². The lowest BCUT2D eigenvalue weighted by Crippen LogP contribution is -2.13. The van der Waals surface area contributed by atoms with Crippen molar-refractivity contribution in [1.82, 2.24) is 34.0 Å². The van der Waals surface area contributed by atoms with Gasteiger partial charge in [0, 0.05) is 41.2 Å². The molecule has 150 valence electrons. The molecule has 0 unspecified atom stereocenters. The van der Waals surface area contributed by atoms with Gasteiger partial charge < -0.3 is 9.97 Å². The van der Waals surface area contributed by atoms with Crippen LogP contribution in [0.25, 0.3) is 44.8 Å². The highest BCUT2D eigenvalue weighted by Crippen LogP contribution is 2.22. The zero-order chi connectivity index (χ0) is 21.1. The Bertz CT molecular complexity index is 1820. The number of nitrogens with zero attached hydrogens (tertiary/aromatic N) is 4. The zero-order valence-corrected chi connectivity index (χ0v) is 15.8. The summed E-state index contributed by atoms with van der Waals surface area (Å²) < 4.78 is 2.73. The van der Waals surface area contributed by atoms with Crippen molar-refractivity contribution in [2.75, 3.05) is 0 Å². The maximum Gasteiger partial charge on any atom is 0.331 e. The van der Waals surface area contributed by atoms with E-state index in [2.05, 4.69) is 25.0 Å². The van der Waals surface area contributed by atoms with Gasteiger partial charge in [-0.05, 0) is 41.8 Å². The molecule has 5 aromatic heterocycles. The van der Waals surface area contributed by atoms with Gasteiger partial charge in [-0.1, -0.05) is 0 Å². The first-order chi connectivity index (χ1) is 15.0. The number of pyridine rings is 2. The van der Waals surface area contributed by atoms with Crippen molar-refractivity contribution in [3.8, 4) is 22.6 Å². The lowest BCUT2D eigenvalue weighted by atomic mass is 10.1. The Kier molecular flexibility index (Phi) is 3.39. The highest BCUT2D eigenvalue weighted by Gasteiger charge is 2.12. The first-order valence-electron chi connectivity index (χ1n) is 9.39. The summed E-state index contributed by atoms with van der Waals surface area (Å²) in [7, 11) is 0. The standard InChI is InChI=1S/C21H13N7O3/c29-18-4-2-11-7-12(1-3-14(11)24-18)20-25-17-8-13(9-19(30)28(17)26-20)15-10-27-16(23-15)5-6-22-21(27)31/h1-10H,(H,22,31)(H,24,29)(H,25,26). The van der Waals surface area contributed by atoms with Crippen molar-refractivity contribution in [3.05, 3.63) is 92.1 Å². The SMILES string of the molecule is O=c1ccc2cc(-c3nc4cc(-c5cn6c(=O)[nH]ccc6n5)cc(=O)n4[nH]3)ccc2[nH]1. The predicted molar refractivity (Wildman–Crippen MR) is 114 cm³/mol. The molecule has 6 aromatic rings. The van der Waals surface area contributed by atoms with Crippen LogP contribution in [-0.4, -0.2) is 34.0 Å². The summed E-state index contributed by atoms with van der Waals surface area (Å²) in [6.45, 7) is 0. The van der Waals surface area contributed by atoms with Crippen molar-refractivity contribution in [3.63, 3.8) is 0 Å². The minimum atomic E-state index is -0.311. The van der Waals surface area contributed by atoms with Crippen molar-refractivity contribution in [2.24, 2.45) is 0 Å². The molecule has 10 heteroatoms. The summed E-state index contributed by atoms with van der Waals surface area (Å²) in [6, 6.07) is 13.5. The monoisotopic (exact) mass is 411 g/mol. The van der Waals surface area contributed by atoms with Gasteiger partial charge in [0.05, 0.1) is 5.69 Å². The molecule has 0 aliphatic rings. The van der Waals surface area contributed by atoms with E-state index in [4.69, 9.17) is 0 Å². The highest BCUT2D eigenvalue weighted by molar-refractivity contribution is 5.83. The Hall–Kier alpha value is -4.73. The normalized spacial score (nSPS) is 11.6. The summed E-state index contributed by atoms with van der Waals surface area (Å²) in [5.74, 6) is 0.508. The van der Waals surface area contributed by atoms with E-state index in [1.807, 2.05) is 12.1 Å². The minimum absolute atomic E-state index is 0.169. The Balaban J connectivity index is 1.50. The second-order valence-electron chi connectivity index (χ2n) is 7.11. The molecule has 0 saturated carbocycles. The molecule has 0 spiro atoms. The highest BCUT2D eigenvalue weighted by atomic mass is 16.1. The molecule has 3 N–H and O–H groups in total. The Labute approximate surface area is 171 Å². The maximum absolute atomic E-state index is 12.7. The molecular formula is C21H13N7O3. The van der Waals surface area contributed by atoms with Gasteiger partial charge in [0.25, 0.3) is 5.56 Å². The molecule has 0 saturated heterocycles. The van der Waals surface area contributed by atoms with E-state index in [0.29, 0.717) is 33.9 Å². The van der Waals surface area contributed by atoms with Crippen LogP contribution in [0.15, 0.2) is 75.3 Å². The van der Waals surface area contributed by atoms with Crippen molar-refractivity contribution < 1.29 is 0 Å². The number of hydrogen-bond acceptors (Lipinski definition) is 5. The molecule has 10 nitrogen and oxygen atoms in total. The Morgan fingerprint density at radius 2 is 1.74 bits per heavy atom. The molecule has 0 atom stereocenters. The van der Waals surface area contributed by atoms with Crippen molar-refractivity contribution in [2.45, 2.75) is 0 Å². The van der Waals surface area contributed by atoms with Gasteiger partial charge in [-0.15, -0.1) is 0 Å². The summed E-state index contributed by atoms with van der Waals surface area (Å²) in [5.41, 5.74) is 2.66. The topological polar surface area (TPSA) is 133 Å². The molecule has 0 bridgehead atoms. The Morgan fingerprint density at radius 3 is 2.61 bits per heavy atom. The summed E-state index contributed by atoms with van der Waals surface area (Å²) in [5, 5.41) is 3.86. The minimum Gasteiger partial charge on any atom is -0.322 e. The Morgan fingerprint density at radius 1 is 0.839 bits per heavy atom. The first-order valence-corrected chi connectivity index (χ1v) is 9.39. The number of aromatic amines is 3. The zero-order valence-electron chi connectivity index (χ0n) is 15.8. The molecule has 1 aromatic carbocycles. The molecule has 6 rings (SSSR count). The third-order valence-corrected chi connectivity index (χ3v) is 5.14. The number of imidazole rings is 1. The van der Waals surface area contributed by atoms with Crippen LogP contribution in [0.1, 0.15) is 0 Å². The van der Waals surface area contributed by atoms with Crippen LogP contribution in [0.5, 0.6) is 0 Å². The molecule has 5 heterocycles. The molecule has 0 aliphatic heterocycles. The number of aromatic nitrogens is 7. The second-order valence-corrected chi connectivity index (χ2v) is 7.11. The van der Waals surface area contributed by atoms with Crippen molar-refractivity contribution in [1.29, 1.82) is 0 Å². The number of rotatable bonds is 2. The fourth-order valence-corrected chi connectivity index (χ4v) is 3.65. The second kappa shape index (κ2) is 6.13. The third kappa shape index (κ3) is 2.69. The van der Waals surface area contributed by atoms with E-state index >= 15 is 0 Å². The lowest BCUT2D eigenvalue weighted by molar-refractivity contribution is 0.924. The number of benzene rings is 1. The average molecular weight is 411 g/mol. The maximum atomic E-state index is 12.7. The number of hydrogen-bond donors (Lipinski definition) is 3. The lowest BCUT2D eigenvalue weighted by Gasteiger charge is -2.00. The summed E-state index contributed by atoms with van der Waals surface area (Å²) in [4.78, 5) is 50.5. The summed E-state index contributed by atoms with van der Waals surface area (Å²) >= 11 is 0. The van der Waals surface area contributed by atoms with E-state index in [9.17, 15) is 14.4 Å². The van der Waals surface area contributed by atoms with Crippen LogP contribution >= 0.6 is 0 Å². The van der Waals surface area contributed by atoms with E-state index in [0.717, 1.165) is 10.9 Å². The quantitative estimate of drug-likeness (QED) is 0.397. The van der Waals surface area contributed by atoms with Gasteiger partial charge in [0.2, 0.25) is 5.56 Å². The van der Waals surface area contributed by atoms with E-state index in [1.54, 1.807) is 30.5 Å². The molecule has 31 heavy (non-hydrogen) atoms. The molecule has 0 aliphatic carbocycles. The fraction of sp³-hybridized carbons (Fsp3) is 0. The van der Waals surface area contributed by atoms with E-state index in [1.165, 1.54) is 27.2 Å². The smallest absolute Gasteiger partial charge is 0.322 e. The van der Waals surface area contributed by atoms with Gasteiger partial charge in [-0.2, -0.15) is 4.52 Å². The third-order valence-electron chi connectivity index (χ3n) is 5.14. The van der Waals surface area contributed by atoms with Crippen LogP contribution in [0.3, 0.4) is 0 Å². The van der Waals surface area contributed by atoms with Crippen LogP contribution in [0, 0.1) is 0 Å². The largest absolute Gasteiger partial charge is 0.331 e. The number of fused-ring (bicyclic) bond motifs is 3. The van der Waals surface area contributed by atoms with Gasteiger partial charge in [0.1, 0.15) is 5.65 Å². The number of nitrogens with one attached hydrogen (secondary N) is 3. The van der Waals surface area contributed by atoms with Crippen LogP contribution < -0.4 is 16.8 Å². The van der Waals surface area contributed by atoms with Crippen molar-refractivity contribution >= 4 is 22.2 Å². The first kappa shape index (κ1) is 17.2. The fourth-order valence-electron chi connectivity index (χ4n) is 3.65. The van der Waals surface area contributed by atoms with Gasteiger partial charge in [-0.3, -0.25) is 19.1 Å². The van der Waals surface area contributed by atoms with Gasteiger partial charge in [-0.25, -0.2) is 14.8 Å². The molecule has 0 amide bonds. The van der Waals surface area contributed by atoms with Gasteiger partial charge >= 0.3 is 5.69 Å². The molecule has 0 radical (unpaired) electrons. The van der Waals surface area contributed by atoms with E-state index in [-0.39, 0.29) is 16.8 Å². The molecular weight excluding hydrogens is 398 g/mol. The van der Waals surface area contributed by atoms with Crippen LogP contribution in [-0.2, 0) is 0 Å². The summed E-state index contributed by atoms with van der Waals surface area (Å²) in [6.07, 6.45) is 3.10.